The fraction of sp³-hybridized carbons (Fsp3) is 0.0667. The van der Waals surface area contributed by atoms with Crippen molar-refractivity contribution < 1.29 is 17.6 Å². The van der Waals surface area contributed by atoms with Crippen LogP contribution in [0.5, 0.6) is 0 Å². The predicted molar refractivity (Wildman–Crippen MR) is 85.0 cm³/mol. The molecule has 8 nitrogen and oxygen atoms in total. The van der Waals surface area contributed by atoms with Crippen molar-refractivity contribution in [1.29, 1.82) is 0 Å². The molecule has 3 aromatic rings. The number of hydrogen-bond acceptors (Lipinski definition) is 7. The number of benzene rings is 1. The predicted octanol–water partition coefficient (Wildman–Crippen LogP) is 1.79. The van der Waals surface area contributed by atoms with Crippen LogP contribution in [-0.4, -0.2) is 35.8 Å². The Labute approximate surface area is 137 Å². The summed E-state index contributed by atoms with van der Waals surface area (Å²) in [5, 5.41) is 9.99. The minimum atomic E-state index is -3.31. The molecule has 0 radical (unpaired) electrons. The number of nitrogens with zero attached hydrogens (tertiary/aromatic N) is 3. The molecule has 0 fully saturated rings. The van der Waals surface area contributed by atoms with E-state index in [-0.39, 0.29) is 22.4 Å². The van der Waals surface area contributed by atoms with Crippen LogP contribution in [0.2, 0.25) is 0 Å². The van der Waals surface area contributed by atoms with Gasteiger partial charge in [-0.15, -0.1) is 5.10 Å². The Morgan fingerprint density at radius 1 is 1.08 bits per heavy atom. The first kappa shape index (κ1) is 15.8. The summed E-state index contributed by atoms with van der Waals surface area (Å²) in [6, 6.07) is 10.7. The fourth-order valence-electron chi connectivity index (χ4n) is 1.89. The zero-order chi connectivity index (χ0) is 17.2. The molecule has 1 amide bonds. The standard InChI is InChI=1S/C15H12N4O4S/c1-24(21,22)11-7-5-10(6-8-11)13(20)17-15-19-18-14(23-15)12-4-2-3-9-16-12/h2-9H,1H3,(H,17,19,20). The van der Waals surface area contributed by atoms with Gasteiger partial charge in [-0.2, -0.15) is 0 Å². The number of carbonyl (C=O) groups excluding carboxylic acids is 1. The lowest BCUT2D eigenvalue weighted by Gasteiger charge is -2.02. The zero-order valence-corrected chi connectivity index (χ0v) is 13.3. The fourth-order valence-corrected chi connectivity index (χ4v) is 2.52. The summed E-state index contributed by atoms with van der Waals surface area (Å²) < 4.78 is 28.1. The van der Waals surface area contributed by atoms with Gasteiger partial charge < -0.3 is 4.42 Å². The lowest BCUT2D eigenvalue weighted by molar-refractivity contribution is 0.102. The number of rotatable bonds is 4. The minimum Gasteiger partial charge on any atom is -0.401 e. The molecule has 2 aromatic heterocycles. The van der Waals surface area contributed by atoms with Gasteiger partial charge in [-0.25, -0.2) is 8.42 Å². The summed E-state index contributed by atoms with van der Waals surface area (Å²) in [6.07, 6.45) is 2.68. The van der Waals surface area contributed by atoms with E-state index in [4.69, 9.17) is 4.42 Å². The van der Waals surface area contributed by atoms with Gasteiger partial charge in [0.25, 0.3) is 11.8 Å². The number of aromatic nitrogens is 3. The quantitative estimate of drug-likeness (QED) is 0.767. The molecule has 0 aliphatic rings. The second kappa shape index (κ2) is 6.20. The maximum absolute atomic E-state index is 12.1. The van der Waals surface area contributed by atoms with Gasteiger partial charge in [0.2, 0.25) is 0 Å². The van der Waals surface area contributed by atoms with Crippen molar-refractivity contribution in [1.82, 2.24) is 15.2 Å². The van der Waals surface area contributed by atoms with E-state index in [1.54, 1.807) is 24.4 Å². The van der Waals surface area contributed by atoms with Crippen LogP contribution in [0.15, 0.2) is 58.0 Å². The second-order valence-corrected chi connectivity index (χ2v) is 6.89. The van der Waals surface area contributed by atoms with Gasteiger partial charge in [0.15, 0.2) is 9.84 Å². The third kappa shape index (κ3) is 3.46. The van der Waals surface area contributed by atoms with Gasteiger partial charge in [-0.3, -0.25) is 15.1 Å². The summed E-state index contributed by atoms with van der Waals surface area (Å²) in [6.45, 7) is 0. The maximum Gasteiger partial charge on any atom is 0.322 e. The Hall–Kier alpha value is -3.07. The highest BCUT2D eigenvalue weighted by atomic mass is 32.2. The average molecular weight is 344 g/mol. The Morgan fingerprint density at radius 2 is 1.83 bits per heavy atom. The van der Waals surface area contributed by atoms with E-state index in [0.29, 0.717) is 5.69 Å². The van der Waals surface area contributed by atoms with Crippen LogP contribution in [0.3, 0.4) is 0 Å². The Balaban J connectivity index is 1.75. The molecule has 0 atom stereocenters. The third-order valence-corrected chi connectivity index (χ3v) is 4.20. The van der Waals surface area contributed by atoms with Gasteiger partial charge in [-0.05, 0) is 36.4 Å². The van der Waals surface area contributed by atoms with Gasteiger partial charge in [-0.1, -0.05) is 11.2 Å². The monoisotopic (exact) mass is 344 g/mol. The highest BCUT2D eigenvalue weighted by molar-refractivity contribution is 7.90. The first-order chi connectivity index (χ1) is 11.4. The van der Waals surface area contributed by atoms with Crippen molar-refractivity contribution in [2.24, 2.45) is 0 Å². The van der Waals surface area contributed by atoms with Crippen LogP contribution in [0.1, 0.15) is 10.4 Å². The highest BCUT2D eigenvalue weighted by Crippen LogP contribution is 2.18. The average Bonchev–Trinajstić information content (AvgIpc) is 3.03. The normalized spacial score (nSPS) is 11.2. The molecule has 0 aliphatic heterocycles. The first-order valence-corrected chi connectivity index (χ1v) is 8.69. The number of amides is 1. The van der Waals surface area contributed by atoms with Crippen LogP contribution in [0.4, 0.5) is 6.01 Å². The molecule has 1 aromatic carbocycles. The molecule has 3 rings (SSSR count). The number of nitrogens with one attached hydrogen (secondary N) is 1. The van der Waals surface area contributed by atoms with Gasteiger partial charge in [0.1, 0.15) is 5.69 Å². The van der Waals surface area contributed by atoms with E-state index in [0.717, 1.165) is 6.26 Å². The summed E-state index contributed by atoms with van der Waals surface area (Å²) >= 11 is 0. The molecule has 122 valence electrons. The van der Waals surface area contributed by atoms with Crippen molar-refractivity contribution in [3.05, 3.63) is 54.2 Å². The van der Waals surface area contributed by atoms with Crippen molar-refractivity contribution in [3.8, 4) is 11.6 Å². The van der Waals surface area contributed by atoms with Crippen LogP contribution in [0.25, 0.3) is 11.6 Å². The van der Waals surface area contributed by atoms with Gasteiger partial charge >= 0.3 is 6.01 Å². The van der Waals surface area contributed by atoms with E-state index in [1.807, 2.05) is 0 Å². The molecule has 9 heteroatoms. The molecule has 24 heavy (non-hydrogen) atoms. The molecule has 0 saturated heterocycles. The largest absolute Gasteiger partial charge is 0.401 e. The van der Waals surface area contributed by atoms with Crippen LogP contribution >= 0.6 is 0 Å². The smallest absolute Gasteiger partial charge is 0.322 e. The lowest BCUT2D eigenvalue weighted by Crippen LogP contribution is -2.12. The van der Waals surface area contributed by atoms with Crippen molar-refractivity contribution >= 4 is 21.8 Å². The molecule has 0 spiro atoms. The van der Waals surface area contributed by atoms with Crippen LogP contribution < -0.4 is 5.32 Å². The molecule has 1 N–H and O–H groups in total. The van der Waals surface area contributed by atoms with E-state index in [2.05, 4.69) is 20.5 Å². The zero-order valence-electron chi connectivity index (χ0n) is 12.5. The number of hydrogen-bond donors (Lipinski definition) is 1. The van der Waals surface area contributed by atoms with Gasteiger partial charge in [0.05, 0.1) is 4.90 Å². The van der Waals surface area contributed by atoms with Crippen LogP contribution in [0, 0.1) is 0 Å². The maximum atomic E-state index is 12.1. The SMILES string of the molecule is CS(=O)(=O)c1ccc(C(=O)Nc2nnc(-c3ccccn3)o2)cc1. The molecular formula is C15H12N4O4S. The van der Waals surface area contributed by atoms with E-state index < -0.39 is 15.7 Å². The summed E-state index contributed by atoms with van der Waals surface area (Å²) in [4.78, 5) is 16.3. The topological polar surface area (TPSA) is 115 Å². The van der Waals surface area contributed by atoms with E-state index >= 15 is 0 Å². The molecule has 0 bridgehead atoms. The number of sulfone groups is 1. The van der Waals surface area contributed by atoms with E-state index in [1.165, 1.54) is 24.3 Å². The van der Waals surface area contributed by atoms with Crippen molar-refractivity contribution in [2.45, 2.75) is 4.90 Å². The van der Waals surface area contributed by atoms with Crippen molar-refractivity contribution in [2.75, 3.05) is 11.6 Å². The summed E-state index contributed by atoms with van der Waals surface area (Å²) in [5.41, 5.74) is 0.753. The molecule has 0 saturated carbocycles. The van der Waals surface area contributed by atoms with Crippen LogP contribution in [-0.2, 0) is 9.84 Å². The molecular weight excluding hydrogens is 332 g/mol. The first-order valence-electron chi connectivity index (χ1n) is 6.80. The molecule has 0 unspecified atom stereocenters. The minimum absolute atomic E-state index is 0.0761. The molecule has 2 heterocycles. The lowest BCUT2D eigenvalue weighted by atomic mass is 10.2. The van der Waals surface area contributed by atoms with E-state index in [9.17, 15) is 13.2 Å². The second-order valence-electron chi connectivity index (χ2n) is 4.88. The molecule has 0 aliphatic carbocycles. The number of anilines is 1. The summed E-state index contributed by atoms with van der Waals surface area (Å²) in [5.74, 6) is -0.315. The number of pyridine rings is 1. The van der Waals surface area contributed by atoms with Gasteiger partial charge in [0, 0.05) is 18.0 Å². The summed E-state index contributed by atoms with van der Waals surface area (Å²) in [7, 11) is -3.31. The Kier molecular flexibility index (Phi) is 4.09. The number of carbonyl (C=O) groups is 1. The third-order valence-electron chi connectivity index (χ3n) is 3.07. The Bertz CT molecular complexity index is 966. The van der Waals surface area contributed by atoms with Crippen molar-refractivity contribution in [3.63, 3.8) is 0 Å². The Morgan fingerprint density at radius 3 is 2.46 bits per heavy atom. The highest BCUT2D eigenvalue weighted by Gasteiger charge is 2.14.